The smallest absolute Gasteiger partial charge is 0.339 e. The maximum absolute atomic E-state index is 13.1. The molecular formula is C29H39ClN2O3. The van der Waals surface area contributed by atoms with Gasteiger partial charge in [0, 0.05) is 28.4 Å². The lowest BCUT2D eigenvalue weighted by molar-refractivity contribution is -0.159. The summed E-state index contributed by atoms with van der Waals surface area (Å²) in [5.41, 5.74) is 12.5. The van der Waals surface area contributed by atoms with Gasteiger partial charge in [-0.15, -0.1) is 0 Å². The second-order valence-electron chi connectivity index (χ2n) is 10.6. The van der Waals surface area contributed by atoms with Gasteiger partial charge in [-0.2, -0.15) is 0 Å². The van der Waals surface area contributed by atoms with Crippen molar-refractivity contribution in [3.63, 3.8) is 0 Å². The number of ether oxygens (including phenoxy) is 2. The van der Waals surface area contributed by atoms with Crippen LogP contribution in [0.25, 0.3) is 5.57 Å². The molecule has 0 bridgehead atoms. The van der Waals surface area contributed by atoms with Gasteiger partial charge in [0.2, 0.25) is 0 Å². The Morgan fingerprint density at radius 3 is 2.29 bits per heavy atom. The van der Waals surface area contributed by atoms with Gasteiger partial charge in [0.1, 0.15) is 5.82 Å². The molecule has 1 aliphatic carbocycles. The van der Waals surface area contributed by atoms with Gasteiger partial charge < -0.3 is 19.8 Å². The number of aromatic nitrogens is 1. The summed E-state index contributed by atoms with van der Waals surface area (Å²) in [6, 6.07) is 7.58. The van der Waals surface area contributed by atoms with E-state index in [0.29, 0.717) is 27.9 Å². The van der Waals surface area contributed by atoms with E-state index in [2.05, 4.69) is 25.0 Å². The van der Waals surface area contributed by atoms with Crippen molar-refractivity contribution >= 4 is 29.0 Å². The van der Waals surface area contributed by atoms with Crippen molar-refractivity contribution in [2.45, 2.75) is 79.1 Å². The van der Waals surface area contributed by atoms with Crippen LogP contribution in [0.1, 0.15) is 69.3 Å². The van der Waals surface area contributed by atoms with Crippen LogP contribution in [-0.4, -0.2) is 29.4 Å². The number of anilines is 1. The molecular weight excluding hydrogens is 460 g/mol. The topological polar surface area (TPSA) is 66.5 Å². The number of nitrogens with zero attached hydrogens (tertiary/aromatic N) is 1. The maximum Gasteiger partial charge on any atom is 0.339 e. The summed E-state index contributed by atoms with van der Waals surface area (Å²) in [6.07, 6.45) is 2.76. The number of benzene rings is 1. The number of esters is 1. The van der Waals surface area contributed by atoms with Crippen molar-refractivity contribution in [1.82, 2.24) is 4.57 Å². The van der Waals surface area contributed by atoms with Gasteiger partial charge in [0.25, 0.3) is 0 Å². The van der Waals surface area contributed by atoms with Crippen LogP contribution in [0.5, 0.6) is 0 Å². The predicted octanol–water partition coefficient (Wildman–Crippen LogP) is 6.88. The summed E-state index contributed by atoms with van der Waals surface area (Å²) < 4.78 is 13.7. The molecule has 6 heteroatoms. The lowest BCUT2D eigenvalue weighted by atomic mass is 9.85. The molecule has 0 radical (unpaired) electrons. The lowest BCUT2D eigenvalue weighted by Gasteiger charge is -2.30. The van der Waals surface area contributed by atoms with E-state index in [4.69, 9.17) is 26.8 Å². The highest BCUT2D eigenvalue weighted by molar-refractivity contribution is 6.30. The number of nitrogen functional groups attached to an aromatic ring is 1. The molecule has 1 saturated carbocycles. The van der Waals surface area contributed by atoms with E-state index >= 15 is 0 Å². The third-order valence-corrected chi connectivity index (χ3v) is 7.05. The molecule has 2 aromatic rings. The predicted molar refractivity (Wildman–Crippen MR) is 145 cm³/mol. The van der Waals surface area contributed by atoms with Crippen LogP contribution in [0.2, 0.25) is 5.02 Å². The largest absolute Gasteiger partial charge is 0.467 e. The van der Waals surface area contributed by atoms with Gasteiger partial charge in [-0.3, -0.25) is 0 Å². The zero-order valence-corrected chi connectivity index (χ0v) is 22.9. The summed E-state index contributed by atoms with van der Waals surface area (Å²) in [5.74, 6) is 0.854. The fourth-order valence-electron chi connectivity index (χ4n) is 4.68. The number of hydrogen-bond acceptors (Lipinski definition) is 4. The molecule has 0 amide bonds. The standard InChI is InChI=1S/C29H39ClN2O3/c1-17(2)23(26(28(33)34-8)35-29(5,6)7)25(21-12-14-22(30)15-13-21)24-18(3)19(4)32(27(24)31)16-20-10-9-11-20/h12-15,20,26H,1,9-11,16,31H2,2-8H3/b25-23+/t26-/m0/s1. The lowest BCUT2D eigenvalue weighted by Crippen LogP contribution is -2.36. The molecule has 5 nitrogen and oxygen atoms in total. The molecule has 35 heavy (non-hydrogen) atoms. The number of carbonyl (C=O) groups excluding carboxylic acids is 1. The summed E-state index contributed by atoms with van der Waals surface area (Å²) in [4.78, 5) is 13.1. The number of hydrogen-bond donors (Lipinski definition) is 1. The van der Waals surface area contributed by atoms with Crippen molar-refractivity contribution in [3.05, 3.63) is 69.4 Å². The van der Waals surface area contributed by atoms with Gasteiger partial charge in [0.15, 0.2) is 6.10 Å². The number of halogens is 1. The minimum atomic E-state index is -0.975. The highest BCUT2D eigenvalue weighted by Gasteiger charge is 2.35. The summed E-state index contributed by atoms with van der Waals surface area (Å²) in [5, 5.41) is 0.629. The normalized spacial score (nSPS) is 15.9. The van der Waals surface area contributed by atoms with E-state index in [0.717, 1.165) is 34.5 Å². The Morgan fingerprint density at radius 2 is 1.83 bits per heavy atom. The van der Waals surface area contributed by atoms with E-state index in [1.54, 1.807) is 0 Å². The molecule has 0 spiro atoms. The second kappa shape index (κ2) is 10.6. The van der Waals surface area contributed by atoms with Crippen molar-refractivity contribution < 1.29 is 14.3 Å². The first kappa shape index (κ1) is 27.1. The SMILES string of the molecule is C=C(C)/C(=C(/c1ccc(Cl)cc1)c1c(C)c(C)n(CC2CCC2)c1N)[C@H](OC(C)(C)C)C(=O)OC. The highest BCUT2D eigenvalue weighted by Crippen LogP contribution is 2.42. The molecule has 0 saturated heterocycles. The van der Waals surface area contributed by atoms with Gasteiger partial charge in [-0.25, -0.2) is 4.79 Å². The van der Waals surface area contributed by atoms with Crippen LogP contribution < -0.4 is 5.73 Å². The van der Waals surface area contributed by atoms with E-state index in [1.165, 1.54) is 26.4 Å². The Kier molecular flexibility index (Phi) is 8.23. The van der Waals surface area contributed by atoms with Gasteiger partial charge in [-0.1, -0.05) is 42.3 Å². The number of methoxy groups -OCH3 is 1. The van der Waals surface area contributed by atoms with Crippen LogP contribution in [0, 0.1) is 19.8 Å². The Morgan fingerprint density at radius 1 is 1.23 bits per heavy atom. The van der Waals surface area contributed by atoms with E-state index in [9.17, 15) is 4.79 Å². The Labute approximate surface area is 214 Å². The monoisotopic (exact) mass is 498 g/mol. The van der Waals surface area contributed by atoms with E-state index in [1.807, 2.05) is 52.0 Å². The average Bonchev–Trinajstić information content (AvgIpc) is 2.95. The van der Waals surface area contributed by atoms with Crippen LogP contribution in [-0.2, 0) is 20.8 Å². The molecule has 1 atom stereocenters. The zero-order chi connectivity index (χ0) is 26.1. The number of nitrogens with two attached hydrogens (primary N) is 1. The summed E-state index contributed by atoms with van der Waals surface area (Å²) >= 11 is 6.24. The van der Waals surface area contributed by atoms with E-state index in [-0.39, 0.29) is 0 Å². The minimum Gasteiger partial charge on any atom is -0.467 e. The van der Waals surface area contributed by atoms with Gasteiger partial charge >= 0.3 is 5.97 Å². The first-order valence-corrected chi connectivity index (χ1v) is 12.6. The number of carbonyl (C=O) groups is 1. The van der Waals surface area contributed by atoms with Gasteiger partial charge in [0.05, 0.1) is 12.7 Å². The minimum absolute atomic E-state index is 0.480. The van der Waals surface area contributed by atoms with Crippen LogP contribution >= 0.6 is 11.6 Å². The molecule has 1 fully saturated rings. The fraction of sp³-hybridized carbons (Fsp3) is 0.483. The molecule has 1 aliphatic rings. The fourth-order valence-corrected chi connectivity index (χ4v) is 4.81. The molecule has 0 aliphatic heterocycles. The molecule has 3 rings (SSSR count). The molecule has 1 aromatic heterocycles. The maximum atomic E-state index is 13.1. The van der Waals surface area contributed by atoms with Gasteiger partial charge in [-0.05, 0) is 89.1 Å². The third-order valence-electron chi connectivity index (χ3n) is 6.80. The molecule has 0 unspecified atom stereocenters. The Bertz CT molecular complexity index is 1130. The first-order chi connectivity index (χ1) is 16.4. The van der Waals surface area contributed by atoms with E-state index < -0.39 is 17.7 Å². The van der Waals surface area contributed by atoms with Crippen LogP contribution in [0.4, 0.5) is 5.82 Å². The van der Waals surface area contributed by atoms with Crippen LogP contribution in [0.3, 0.4) is 0 Å². The zero-order valence-electron chi connectivity index (χ0n) is 22.1. The number of rotatable bonds is 8. The third kappa shape index (κ3) is 5.84. The molecule has 190 valence electrons. The summed E-state index contributed by atoms with van der Waals surface area (Å²) in [6.45, 7) is 17.0. The van der Waals surface area contributed by atoms with Crippen molar-refractivity contribution in [2.75, 3.05) is 12.8 Å². The first-order valence-electron chi connectivity index (χ1n) is 12.2. The molecule has 1 heterocycles. The Hall–Kier alpha value is -2.50. The Balaban J connectivity index is 2.37. The van der Waals surface area contributed by atoms with Crippen molar-refractivity contribution in [1.29, 1.82) is 0 Å². The van der Waals surface area contributed by atoms with Crippen molar-refractivity contribution in [3.8, 4) is 0 Å². The van der Waals surface area contributed by atoms with Crippen molar-refractivity contribution in [2.24, 2.45) is 5.92 Å². The summed E-state index contributed by atoms with van der Waals surface area (Å²) in [7, 11) is 1.37. The highest BCUT2D eigenvalue weighted by atomic mass is 35.5. The molecule has 2 N–H and O–H groups in total. The average molecular weight is 499 g/mol. The molecule has 1 aromatic carbocycles. The quantitative estimate of drug-likeness (QED) is 0.318. The second-order valence-corrected chi connectivity index (χ2v) is 11.0. The van der Waals surface area contributed by atoms with Crippen LogP contribution in [0.15, 0.2) is 42.0 Å².